The zero-order chi connectivity index (χ0) is 19.3. The van der Waals surface area contributed by atoms with Gasteiger partial charge in [0.25, 0.3) is 0 Å². The molecule has 1 amide bonds. The summed E-state index contributed by atoms with van der Waals surface area (Å²) in [5, 5.41) is 19.6. The van der Waals surface area contributed by atoms with Crippen LogP contribution in [0.15, 0.2) is 4.99 Å². The van der Waals surface area contributed by atoms with Gasteiger partial charge in [0.05, 0.1) is 12.1 Å². The van der Waals surface area contributed by atoms with Crippen molar-refractivity contribution in [1.29, 1.82) is 0 Å². The van der Waals surface area contributed by atoms with Crippen LogP contribution in [0.4, 0.5) is 4.79 Å². The molecule has 0 aliphatic rings. The lowest BCUT2D eigenvalue weighted by Gasteiger charge is -2.26. The van der Waals surface area contributed by atoms with Gasteiger partial charge in [-0.15, -0.1) is 24.0 Å². The first kappa shape index (κ1) is 27.4. The van der Waals surface area contributed by atoms with Gasteiger partial charge in [-0.25, -0.2) is 4.79 Å². The maximum absolute atomic E-state index is 11.6. The fraction of sp³-hybridized carbons (Fsp3) is 0.889. The molecule has 0 aromatic rings. The molecule has 0 saturated carbocycles. The highest BCUT2D eigenvalue weighted by Crippen LogP contribution is 2.19. The number of halogens is 1. The van der Waals surface area contributed by atoms with Gasteiger partial charge < -0.3 is 25.8 Å². The van der Waals surface area contributed by atoms with Crippen molar-refractivity contribution in [3.63, 3.8) is 0 Å². The van der Waals surface area contributed by atoms with E-state index in [1.54, 1.807) is 0 Å². The molecular formula is C18H39IN4O3. The van der Waals surface area contributed by atoms with E-state index >= 15 is 0 Å². The topological polar surface area (TPSA) is 95.0 Å². The van der Waals surface area contributed by atoms with Gasteiger partial charge in [0.15, 0.2) is 5.96 Å². The maximum atomic E-state index is 11.6. The van der Waals surface area contributed by atoms with E-state index < -0.39 is 17.3 Å². The summed E-state index contributed by atoms with van der Waals surface area (Å²) in [5.74, 6) is 0.638. The molecule has 0 rings (SSSR count). The lowest BCUT2D eigenvalue weighted by atomic mass is 9.93. The molecule has 0 aliphatic heterocycles. The summed E-state index contributed by atoms with van der Waals surface area (Å²) in [7, 11) is 0. The fourth-order valence-corrected chi connectivity index (χ4v) is 2.44. The SMILES string of the molecule is CCCC(O)(CCC)CN=C(NCC)NCCNC(=O)OC(C)(C)C.I. The molecule has 156 valence electrons. The van der Waals surface area contributed by atoms with Crippen LogP contribution >= 0.6 is 24.0 Å². The molecule has 0 atom stereocenters. The monoisotopic (exact) mass is 486 g/mol. The van der Waals surface area contributed by atoms with Crippen LogP contribution in [0, 0.1) is 0 Å². The molecule has 0 aliphatic carbocycles. The number of ether oxygens (including phenoxy) is 1. The standard InChI is InChI=1S/C18H38N4O3.HI/c1-7-10-18(24,11-8-2)14-22-15(19-9-3)20-12-13-21-16(23)25-17(4,5)6;/h24H,7-14H2,1-6H3,(H,21,23)(H2,19,20,22);1H. The van der Waals surface area contributed by atoms with Crippen LogP contribution in [0.25, 0.3) is 0 Å². The van der Waals surface area contributed by atoms with Gasteiger partial charge in [-0.1, -0.05) is 26.7 Å². The number of nitrogens with zero attached hydrogens (tertiary/aromatic N) is 1. The number of rotatable bonds is 10. The van der Waals surface area contributed by atoms with E-state index in [9.17, 15) is 9.90 Å². The number of hydrogen-bond acceptors (Lipinski definition) is 4. The molecule has 7 nitrogen and oxygen atoms in total. The Labute approximate surface area is 176 Å². The lowest BCUT2D eigenvalue weighted by Crippen LogP contribution is -2.43. The van der Waals surface area contributed by atoms with Crippen molar-refractivity contribution in [2.75, 3.05) is 26.2 Å². The minimum absolute atomic E-state index is 0. The number of guanidine groups is 1. The normalized spacial score (nSPS) is 12.2. The summed E-state index contributed by atoms with van der Waals surface area (Å²) in [4.78, 5) is 16.1. The third-order valence-electron chi connectivity index (χ3n) is 3.39. The van der Waals surface area contributed by atoms with E-state index in [0.29, 0.717) is 25.6 Å². The van der Waals surface area contributed by atoms with Crippen LogP contribution in [-0.2, 0) is 4.74 Å². The van der Waals surface area contributed by atoms with E-state index in [-0.39, 0.29) is 24.0 Å². The van der Waals surface area contributed by atoms with Crippen molar-refractivity contribution in [2.45, 2.75) is 78.4 Å². The van der Waals surface area contributed by atoms with Gasteiger partial charge in [0, 0.05) is 19.6 Å². The molecule has 0 saturated heterocycles. The Balaban J connectivity index is 0. The summed E-state index contributed by atoms with van der Waals surface area (Å²) in [5.41, 5.74) is -1.25. The van der Waals surface area contributed by atoms with Crippen molar-refractivity contribution < 1.29 is 14.6 Å². The average Bonchev–Trinajstić information content (AvgIpc) is 2.48. The van der Waals surface area contributed by atoms with Crippen molar-refractivity contribution in [2.24, 2.45) is 4.99 Å². The van der Waals surface area contributed by atoms with Gasteiger partial charge in [-0.3, -0.25) is 4.99 Å². The minimum atomic E-state index is -0.749. The van der Waals surface area contributed by atoms with E-state index in [1.165, 1.54) is 0 Å². The maximum Gasteiger partial charge on any atom is 0.407 e. The van der Waals surface area contributed by atoms with E-state index in [0.717, 1.165) is 32.2 Å². The number of amides is 1. The Bertz CT molecular complexity index is 406. The number of aliphatic imine (C=N–C) groups is 1. The third-order valence-corrected chi connectivity index (χ3v) is 3.39. The zero-order valence-electron chi connectivity index (χ0n) is 17.3. The highest BCUT2D eigenvalue weighted by Gasteiger charge is 2.24. The van der Waals surface area contributed by atoms with Gasteiger partial charge in [0.1, 0.15) is 5.60 Å². The molecular weight excluding hydrogens is 447 g/mol. The Kier molecular flexibility index (Phi) is 15.1. The average molecular weight is 486 g/mol. The fourth-order valence-electron chi connectivity index (χ4n) is 2.44. The molecule has 0 spiro atoms. The lowest BCUT2D eigenvalue weighted by molar-refractivity contribution is 0.0306. The second-order valence-corrected chi connectivity index (χ2v) is 7.27. The summed E-state index contributed by atoms with van der Waals surface area (Å²) in [6.07, 6.45) is 2.90. The highest BCUT2D eigenvalue weighted by atomic mass is 127. The largest absolute Gasteiger partial charge is 0.444 e. The third kappa shape index (κ3) is 14.4. The number of hydrogen-bond donors (Lipinski definition) is 4. The molecule has 0 fully saturated rings. The van der Waals surface area contributed by atoms with Crippen molar-refractivity contribution in [1.82, 2.24) is 16.0 Å². The number of nitrogens with one attached hydrogen (secondary N) is 3. The first-order chi connectivity index (χ1) is 11.7. The van der Waals surface area contributed by atoms with Crippen LogP contribution in [0.3, 0.4) is 0 Å². The first-order valence-electron chi connectivity index (χ1n) is 9.37. The quantitative estimate of drug-likeness (QED) is 0.165. The Morgan fingerprint density at radius 2 is 1.54 bits per heavy atom. The molecule has 0 aromatic carbocycles. The predicted molar refractivity (Wildman–Crippen MR) is 118 cm³/mol. The van der Waals surface area contributed by atoms with Crippen molar-refractivity contribution in [3.8, 4) is 0 Å². The van der Waals surface area contributed by atoms with Crippen LogP contribution in [0.2, 0.25) is 0 Å². The second-order valence-electron chi connectivity index (χ2n) is 7.27. The first-order valence-corrected chi connectivity index (χ1v) is 9.37. The summed E-state index contributed by atoms with van der Waals surface area (Å²) >= 11 is 0. The minimum Gasteiger partial charge on any atom is -0.444 e. The summed E-state index contributed by atoms with van der Waals surface area (Å²) in [6, 6.07) is 0. The van der Waals surface area contributed by atoms with E-state index in [1.807, 2.05) is 27.7 Å². The summed E-state index contributed by atoms with van der Waals surface area (Å²) < 4.78 is 5.18. The number of carbonyl (C=O) groups is 1. The van der Waals surface area contributed by atoms with Crippen molar-refractivity contribution >= 4 is 36.0 Å². The highest BCUT2D eigenvalue weighted by molar-refractivity contribution is 14.0. The van der Waals surface area contributed by atoms with Gasteiger partial charge >= 0.3 is 6.09 Å². The second kappa shape index (κ2) is 14.3. The van der Waals surface area contributed by atoms with Crippen LogP contribution < -0.4 is 16.0 Å². The number of carbonyl (C=O) groups excluding carboxylic acids is 1. The Morgan fingerprint density at radius 3 is 2.00 bits per heavy atom. The number of alkyl carbamates (subject to hydrolysis) is 1. The van der Waals surface area contributed by atoms with Crippen LogP contribution in [-0.4, -0.2) is 54.5 Å². The molecule has 0 heterocycles. The molecule has 0 bridgehead atoms. The van der Waals surface area contributed by atoms with Crippen LogP contribution in [0.1, 0.15) is 67.2 Å². The molecule has 26 heavy (non-hydrogen) atoms. The summed E-state index contributed by atoms with van der Waals surface area (Å²) in [6.45, 7) is 13.6. The van der Waals surface area contributed by atoms with E-state index in [2.05, 4.69) is 34.8 Å². The van der Waals surface area contributed by atoms with Crippen molar-refractivity contribution in [3.05, 3.63) is 0 Å². The molecule has 0 radical (unpaired) electrons. The Hall–Kier alpha value is -0.770. The molecule has 4 N–H and O–H groups in total. The molecule has 0 unspecified atom stereocenters. The smallest absolute Gasteiger partial charge is 0.407 e. The Morgan fingerprint density at radius 1 is 1.00 bits per heavy atom. The predicted octanol–water partition coefficient (Wildman–Crippen LogP) is 3.02. The zero-order valence-corrected chi connectivity index (χ0v) is 19.6. The van der Waals surface area contributed by atoms with Gasteiger partial charge in [0.2, 0.25) is 0 Å². The van der Waals surface area contributed by atoms with Crippen LogP contribution in [0.5, 0.6) is 0 Å². The van der Waals surface area contributed by atoms with Gasteiger partial charge in [-0.05, 0) is 40.5 Å². The van der Waals surface area contributed by atoms with E-state index in [4.69, 9.17) is 4.74 Å². The molecule has 0 aromatic heterocycles. The van der Waals surface area contributed by atoms with Gasteiger partial charge in [-0.2, -0.15) is 0 Å². The number of aliphatic hydroxyl groups is 1. The molecule has 8 heteroatoms.